The predicted molar refractivity (Wildman–Crippen MR) is 80.5 cm³/mol. The molecule has 1 aromatic heterocycles. The van der Waals surface area contributed by atoms with Gasteiger partial charge in [-0.25, -0.2) is 19.2 Å². The van der Waals surface area contributed by atoms with Gasteiger partial charge in [-0.2, -0.15) is 0 Å². The summed E-state index contributed by atoms with van der Waals surface area (Å²) in [6.07, 6.45) is 2.03. The lowest BCUT2D eigenvalue weighted by atomic mass is 10.1. The lowest BCUT2D eigenvalue weighted by Crippen LogP contribution is -2.11. The Balaban J connectivity index is 2.42. The number of carbonyl (C=O) groups excluding carboxylic acids is 1. The average Bonchev–Trinajstić information content (AvgIpc) is 2.49. The lowest BCUT2D eigenvalue weighted by Gasteiger charge is -2.08. The van der Waals surface area contributed by atoms with Gasteiger partial charge in [-0.15, -0.1) is 0 Å². The number of ether oxygens (including phenoxy) is 1. The fourth-order valence-electron chi connectivity index (χ4n) is 1.84. The van der Waals surface area contributed by atoms with Gasteiger partial charge in [-0.1, -0.05) is 6.92 Å². The summed E-state index contributed by atoms with van der Waals surface area (Å²) < 4.78 is 18.6. The van der Waals surface area contributed by atoms with Gasteiger partial charge in [-0.3, -0.25) is 0 Å². The predicted octanol–water partition coefficient (Wildman–Crippen LogP) is 3.78. The summed E-state index contributed by atoms with van der Waals surface area (Å²) in [6.45, 7) is 3.94. The number of aryl methyl sites for hydroxylation is 1. The summed E-state index contributed by atoms with van der Waals surface area (Å²) in [5.74, 6) is -0.334. The molecule has 6 heteroatoms. The molecule has 1 aromatic carbocycles. The molecule has 0 unspecified atom stereocenters. The van der Waals surface area contributed by atoms with Gasteiger partial charge in [0.2, 0.25) is 0 Å². The third-order valence-electron chi connectivity index (χ3n) is 2.88. The minimum atomic E-state index is -0.429. The van der Waals surface area contributed by atoms with Crippen molar-refractivity contribution in [3.8, 4) is 11.4 Å². The van der Waals surface area contributed by atoms with Crippen LogP contribution in [0.1, 0.15) is 29.9 Å². The van der Waals surface area contributed by atoms with Crippen LogP contribution in [0.3, 0.4) is 0 Å². The molecule has 2 rings (SSSR count). The molecule has 0 aliphatic heterocycles. The first-order valence-electron chi connectivity index (χ1n) is 6.55. The zero-order valence-electron chi connectivity index (χ0n) is 11.7. The average molecular weight is 353 g/mol. The van der Waals surface area contributed by atoms with Crippen molar-refractivity contribution in [1.82, 2.24) is 9.97 Å². The summed E-state index contributed by atoms with van der Waals surface area (Å²) in [4.78, 5) is 20.4. The number of hydrogen-bond donors (Lipinski definition) is 0. The molecule has 0 radical (unpaired) electrons. The molecule has 1 heterocycles. The van der Waals surface area contributed by atoms with E-state index in [9.17, 15) is 9.18 Å². The van der Waals surface area contributed by atoms with Crippen molar-refractivity contribution in [3.05, 3.63) is 45.9 Å². The Morgan fingerprint density at radius 3 is 2.76 bits per heavy atom. The highest BCUT2D eigenvalue weighted by atomic mass is 79.9. The molecule has 0 atom stereocenters. The van der Waals surface area contributed by atoms with Gasteiger partial charge in [0.25, 0.3) is 0 Å². The third-order valence-corrected chi connectivity index (χ3v) is 3.48. The van der Waals surface area contributed by atoms with Gasteiger partial charge in [-0.05, 0) is 47.5 Å². The van der Waals surface area contributed by atoms with E-state index in [1.807, 2.05) is 6.92 Å². The van der Waals surface area contributed by atoms with Crippen LogP contribution in [0, 0.1) is 5.82 Å². The summed E-state index contributed by atoms with van der Waals surface area (Å²) in [5, 5.41) is 0. The summed E-state index contributed by atoms with van der Waals surface area (Å²) in [5.41, 5.74) is 1.65. The van der Waals surface area contributed by atoms with Crippen molar-refractivity contribution < 1.29 is 13.9 Å². The Morgan fingerprint density at radius 1 is 1.38 bits per heavy atom. The number of benzene rings is 1. The number of rotatable bonds is 4. The number of esters is 1. The van der Waals surface area contributed by atoms with Gasteiger partial charge < -0.3 is 4.74 Å². The van der Waals surface area contributed by atoms with Gasteiger partial charge >= 0.3 is 5.97 Å². The van der Waals surface area contributed by atoms with E-state index in [4.69, 9.17) is 4.74 Å². The van der Waals surface area contributed by atoms with Crippen LogP contribution in [-0.4, -0.2) is 22.5 Å². The van der Waals surface area contributed by atoms with Crippen LogP contribution >= 0.6 is 15.9 Å². The molecule has 0 saturated carbocycles. The van der Waals surface area contributed by atoms with E-state index in [1.54, 1.807) is 19.1 Å². The zero-order valence-corrected chi connectivity index (χ0v) is 13.3. The van der Waals surface area contributed by atoms with Gasteiger partial charge in [0.1, 0.15) is 5.82 Å². The third kappa shape index (κ3) is 3.44. The van der Waals surface area contributed by atoms with Crippen molar-refractivity contribution in [2.24, 2.45) is 0 Å². The van der Waals surface area contributed by atoms with Crippen molar-refractivity contribution in [3.63, 3.8) is 0 Å². The minimum absolute atomic E-state index is 0.300. The van der Waals surface area contributed by atoms with E-state index in [1.165, 1.54) is 12.3 Å². The standard InChI is InChI=1S/C15H14BrFN2O2/c1-3-13-10(15(20)21-4-2)8-18-14(19-13)9-5-6-12(17)11(16)7-9/h5-8H,3-4H2,1-2H3. The normalized spacial score (nSPS) is 10.5. The molecule has 2 aromatic rings. The Hall–Kier alpha value is -1.82. The molecule has 0 N–H and O–H groups in total. The molecule has 0 saturated heterocycles. The first-order valence-corrected chi connectivity index (χ1v) is 7.34. The van der Waals surface area contributed by atoms with Crippen molar-refractivity contribution in [1.29, 1.82) is 0 Å². The SMILES string of the molecule is CCOC(=O)c1cnc(-c2ccc(F)c(Br)c2)nc1CC. The van der Waals surface area contributed by atoms with Crippen molar-refractivity contribution >= 4 is 21.9 Å². The maximum absolute atomic E-state index is 13.3. The molecule has 4 nitrogen and oxygen atoms in total. The number of aromatic nitrogens is 2. The van der Waals surface area contributed by atoms with E-state index in [2.05, 4.69) is 25.9 Å². The Bertz CT molecular complexity index is 677. The second-order valence-electron chi connectivity index (χ2n) is 4.26. The van der Waals surface area contributed by atoms with E-state index in [0.717, 1.165) is 0 Å². The van der Waals surface area contributed by atoms with E-state index < -0.39 is 5.97 Å². The van der Waals surface area contributed by atoms with Crippen LogP contribution in [0.4, 0.5) is 4.39 Å². The van der Waals surface area contributed by atoms with Crippen molar-refractivity contribution in [2.75, 3.05) is 6.61 Å². The van der Waals surface area contributed by atoms with Crippen LogP contribution in [0.25, 0.3) is 11.4 Å². The maximum atomic E-state index is 13.3. The lowest BCUT2D eigenvalue weighted by molar-refractivity contribution is 0.0524. The smallest absolute Gasteiger partial charge is 0.341 e. The molecular formula is C15H14BrFN2O2. The quantitative estimate of drug-likeness (QED) is 0.785. The molecule has 0 aliphatic carbocycles. The molecule has 0 fully saturated rings. The Morgan fingerprint density at radius 2 is 2.14 bits per heavy atom. The van der Waals surface area contributed by atoms with Crippen molar-refractivity contribution in [2.45, 2.75) is 20.3 Å². The molecule has 0 aliphatic rings. The molecule has 0 spiro atoms. The van der Waals surface area contributed by atoms with Crippen LogP contribution in [-0.2, 0) is 11.2 Å². The number of carbonyl (C=O) groups is 1. The van der Waals surface area contributed by atoms with Gasteiger partial charge in [0.15, 0.2) is 5.82 Å². The number of hydrogen-bond acceptors (Lipinski definition) is 4. The van der Waals surface area contributed by atoms with E-state index in [0.29, 0.717) is 40.1 Å². The second kappa shape index (κ2) is 6.76. The monoisotopic (exact) mass is 352 g/mol. The van der Waals surface area contributed by atoms with E-state index >= 15 is 0 Å². The Kier molecular flexibility index (Phi) is 5.01. The van der Waals surface area contributed by atoms with E-state index in [-0.39, 0.29) is 5.82 Å². The Labute approximate surface area is 130 Å². The van der Waals surface area contributed by atoms with Crippen LogP contribution in [0.5, 0.6) is 0 Å². The fraction of sp³-hybridized carbons (Fsp3) is 0.267. The number of nitrogens with zero attached hydrogens (tertiary/aromatic N) is 2. The topological polar surface area (TPSA) is 52.1 Å². The summed E-state index contributed by atoms with van der Waals surface area (Å²) >= 11 is 3.13. The molecule has 0 bridgehead atoms. The summed E-state index contributed by atoms with van der Waals surface area (Å²) in [7, 11) is 0. The highest BCUT2D eigenvalue weighted by Gasteiger charge is 2.15. The summed E-state index contributed by atoms with van der Waals surface area (Å²) in [6, 6.07) is 4.54. The van der Waals surface area contributed by atoms with Crippen LogP contribution < -0.4 is 0 Å². The zero-order chi connectivity index (χ0) is 15.4. The maximum Gasteiger partial charge on any atom is 0.341 e. The molecule has 21 heavy (non-hydrogen) atoms. The first kappa shape index (κ1) is 15.6. The molecule has 0 amide bonds. The van der Waals surface area contributed by atoms with Gasteiger partial charge in [0, 0.05) is 11.8 Å². The highest BCUT2D eigenvalue weighted by Crippen LogP contribution is 2.23. The second-order valence-corrected chi connectivity index (χ2v) is 5.11. The van der Waals surface area contributed by atoms with Crippen LogP contribution in [0.2, 0.25) is 0 Å². The highest BCUT2D eigenvalue weighted by molar-refractivity contribution is 9.10. The number of halogens is 2. The van der Waals surface area contributed by atoms with Gasteiger partial charge in [0.05, 0.1) is 22.3 Å². The fourth-order valence-corrected chi connectivity index (χ4v) is 2.22. The molecular weight excluding hydrogens is 339 g/mol. The molecule has 110 valence electrons. The minimum Gasteiger partial charge on any atom is -0.462 e. The van der Waals surface area contributed by atoms with Crippen LogP contribution in [0.15, 0.2) is 28.9 Å². The largest absolute Gasteiger partial charge is 0.462 e. The first-order chi connectivity index (χ1) is 10.1.